The Labute approximate surface area is 237 Å². The van der Waals surface area contributed by atoms with Gasteiger partial charge in [-0.05, 0) is 46.6 Å². The van der Waals surface area contributed by atoms with E-state index in [1.807, 2.05) is 55.7 Å². The van der Waals surface area contributed by atoms with Crippen LogP contribution in [0.4, 0.5) is 10.6 Å². The molecule has 1 aliphatic heterocycles. The van der Waals surface area contributed by atoms with E-state index in [1.165, 1.54) is 9.13 Å². The number of nitrogens with zero attached hydrogens (tertiary/aromatic N) is 6. The second kappa shape index (κ2) is 11.1. The minimum Gasteiger partial charge on any atom is -0.444 e. The number of hydrogen-bond acceptors (Lipinski definition) is 7. The molecule has 3 aromatic heterocycles. The summed E-state index contributed by atoms with van der Waals surface area (Å²) >= 11 is 0. The SMILES string of the molecule is CC#CCn1c(N2CCC[C@@H](NC(=O)OC(C)(C)C)C2)cc2c1c(=O)n(Cc1ncc3ccccc3n1)c(=O)n2C. The third-order valence-electron chi connectivity index (χ3n) is 7.10. The van der Waals surface area contributed by atoms with Gasteiger partial charge in [-0.15, -0.1) is 5.92 Å². The zero-order valence-electron chi connectivity index (χ0n) is 24.1. The number of ether oxygens (including phenoxy) is 1. The highest BCUT2D eigenvalue weighted by molar-refractivity contribution is 5.82. The Hall–Kier alpha value is -4.59. The van der Waals surface area contributed by atoms with Crippen LogP contribution in [-0.4, -0.2) is 54.5 Å². The summed E-state index contributed by atoms with van der Waals surface area (Å²) in [6.45, 7) is 8.71. The van der Waals surface area contributed by atoms with Gasteiger partial charge in [0.2, 0.25) is 0 Å². The molecule has 214 valence electrons. The fraction of sp³-hybridized carbons (Fsp3) is 0.433. The summed E-state index contributed by atoms with van der Waals surface area (Å²) in [7, 11) is 1.66. The fourth-order valence-electron chi connectivity index (χ4n) is 5.23. The van der Waals surface area contributed by atoms with Gasteiger partial charge in [0.05, 0.1) is 24.1 Å². The number of para-hydroxylation sites is 1. The van der Waals surface area contributed by atoms with Gasteiger partial charge in [0.15, 0.2) is 0 Å². The lowest BCUT2D eigenvalue weighted by Crippen LogP contribution is -2.49. The standard InChI is InChI=1S/C30H35N7O4/c1-6-7-15-36-25(35-14-10-12-21(18-35)32-28(39)41-30(2,3)4)16-23-26(36)27(38)37(29(40)34(23)5)19-24-31-17-20-11-8-9-13-22(20)33-24/h8-9,11,13,16-17,21H,10,12,14-15,18-19H2,1-5H3,(H,32,39)/t21-/m1/s1. The molecular formula is C30H35N7O4. The molecule has 0 bridgehead atoms. The van der Waals surface area contributed by atoms with E-state index < -0.39 is 22.9 Å². The summed E-state index contributed by atoms with van der Waals surface area (Å²) in [6.07, 6.45) is 2.88. The average Bonchev–Trinajstić information content (AvgIpc) is 3.32. The number of benzene rings is 1. The Morgan fingerprint density at radius 3 is 2.73 bits per heavy atom. The van der Waals surface area contributed by atoms with Gasteiger partial charge in [-0.3, -0.25) is 13.9 Å². The lowest BCUT2D eigenvalue weighted by atomic mass is 10.1. The number of aromatic nitrogens is 5. The zero-order chi connectivity index (χ0) is 29.3. The van der Waals surface area contributed by atoms with Gasteiger partial charge < -0.3 is 19.5 Å². The first-order valence-corrected chi connectivity index (χ1v) is 13.7. The number of piperidine rings is 1. The molecule has 0 unspecified atom stereocenters. The van der Waals surface area contributed by atoms with Crippen LogP contribution >= 0.6 is 0 Å². The summed E-state index contributed by atoms with van der Waals surface area (Å²) in [5.41, 5.74) is 0.175. The van der Waals surface area contributed by atoms with Gasteiger partial charge in [0.25, 0.3) is 5.56 Å². The van der Waals surface area contributed by atoms with Crippen LogP contribution in [0, 0.1) is 11.8 Å². The topological polar surface area (TPSA) is 116 Å². The van der Waals surface area contributed by atoms with Crippen LogP contribution in [0.15, 0.2) is 46.1 Å². The third kappa shape index (κ3) is 5.82. The predicted octanol–water partition coefficient (Wildman–Crippen LogP) is 3.01. The molecule has 1 fully saturated rings. The molecule has 1 atom stereocenters. The summed E-state index contributed by atoms with van der Waals surface area (Å²) in [5.74, 6) is 7.14. The number of carbonyl (C=O) groups is 1. The van der Waals surface area contributed by atoms with Crippen molar-refractivity contribution in [1.82, 2.24) is 29.0 Å². The lowest BCUT2D eigenvalue weighted by Gasteiger charge is -2.35. The molecule has 1 aliphatic rings. The maximum absolute atomic E-state index is 13.9. The van der Waals surface area contributed by atoms with Gasteiger partial charge in [0.1, 0.15) is 22.8 Å². The van der Waals surface area contributed by atoms with Crippen molar-refractivity contribution < 1.29 is 9.53 Å². The highest BCUT2D eigenvalue weighted by Gasteiger charge is 2.28. The van der Waals surface area contributed by atoms with Crippen LogP contribution in [0.3, 0.4) is 0 Å². The first kappa shape index (κ1) is 28.0. The smallest absolute Gasteiger partial charge is 0.407 e. The number of hydrogen-bond donors (Lipinski definition) is 1. The van der Waals surface area contributed by atoms with Crippen molar-refractivity contribution >= 4 is 33.8 Å². The first-order chi connectivity index (χ1) is 19.6. The normalized spacial score (nSPS) is 15.5. The van der Waals surface area contributed by atoms with Crippen LogP contribution in [0.1, 0.15) is 46.4 Å². The van der Waals surface area contributed by atoms with Crippen LogP contribution in [-0.2, 0) is 24.9 Å². The summed E-state index contributed by atoms with van der Waals surface area (Å²) in [4.78, 5) is 50.9. The average molecular weight is 558 g/mol. The van der Waals surface area contributed by atoms with Crippen LogP contribution in [0.2, 0.25) is 0 Å². The summed E-state index contributed by atoms with van der Waals surface area (Å²) in [5, 5.41) is 3.86. The van der Waals surface area contributed by atoms with Crippen molar-refractivity contribution in [3.8, 4) is 11.8 Å². The van der Waals surface area contributed by atoms with E-state index in [2.05, 4.69) is 32.0 Å². The molecule has 0 spiro atoms. The Bertz CT molecular complexity index is 1800. The molecule has 0 radical (unpaired) electrons. The van der Waals surface area contributed by atoms with E-state index in [4.69, 9.17) is 4.74 Å². The Morgan fingerprint density at radius 1 is 1.20 bits per heavy atom. The Kier molecular flexibility index (Phi) is 7.58. The van der Waals surface area contributed by atoms with Crippen LogP contribution in [0.5, 0.6) is 0 Å². The second-order valence-electron chi connectivity index (χ2n) is 11.3. The zero-order valence-corrected chi connectivity index (χ0v) is 24.1. The minimum absolute atomic E-state index is 0.0577. The molecule has 11 nitrogen and oxygen atoms in total. The van der Waals surface area contributed by atoms with Crippen molar-refractivity contribution in [2.75, 3.05) is 18.0 Å². The molecule has 0 aliphatic carbocycles. The van der Waals surface area contributed by atoms with Crippen molar-refractivity contribution in [1.29, 1.82) is 0 Å². The molecule has 1 amide bonds. The van der Waals surface area contributed by atoms with E-state index in [-0.39, 0.29) is 19.1 Å². The number of alkyl carbamates (subject to hydrolysis) is 1. The quantitative estimate of drug-likeness (QED) is 0.375. The van der Waals surface area contributed by atoms with Crippen molar-refractivity contribution in [2.24, 2.45) is 7.05 Å². The molecule has 4 heterocycles. The monoisotopic (exact) mass is 557 g/mol. The van der Waals surface area contributed by atoms with Crippen molar-refractivity contribution in [3.63, 3.8) is 0 Å². The molecule has 0 saturated carbocycles. The largest absolute Gasteiger partial charge is 0.444 e. The lowest BCUT2D eigenvalue weighted by molar-refractivity contribution is 0.0500. The molecule has 41 heavy (non-hydrogen) atoms. The molecule has 1 saturated heterocycles. The van der Waals surface area contributed by atoms with Gasteiger partial charge >= 0.3 is 11.8 Å². The van der Waals surface area contributed by atoms with E-state index in [0.29, 0.717) is 23.4 Å². The number of nitrogens with one attached hydrogen (secondary N) is 1. The van der Waals surface area contributed by atoms with Gasteiger partial charge in [-0.25, -0.2) is 19.6 Å². The third-order valence-corrected chi connectivity index (χ3v) is 7.10. The highest BCUT2D eigenvalue weighted by Crippen LogP contribution is 2.27. The van der Waals surface area contributed by atoms with Gasteiger partial charge in [-0.2, -0.15) is 0 Å². The van der Waals surface area contributed by atoms with E-state index in [9.17, 15) is 14.4 Å². The molecule has 11 heteroatoms. The number of carbonyl (C=O) groups excluding carboxylic acids is 1. The minimum atomic E-state index is -0.591. The van der Waals surface area contributed by atoms with E-state index >= 15 is 0 Å². The Balaban J connectivity index is 1.54. The van der Waals surface area contributed by atoms with E-state index in [0.717, 1.165) is 36.1 Å². The predicted molar refractivity (Wildman–Crippen MR) is 158 cm³/mol. The second-order valence-corrected chi connectivity index (χ2v) is 11.3. The van der Waals surface area contributed by atoms with Crippen molar-refractivity contribution in [3.05, 3.63) is 63.2 Å². The number of aryl methyl sites for hydroxylation is 1. The number of rotatable bonds is 5. The summed E-state index contributed by atoms with van der Waals surface area (Å²) in [6, 6.07) is 9.30. The van der Waals surface area contributed by atoms with Crippen molar-refractivity contribution in [2.45, 2.75) is 65.3 Å². The molecule has 1 aromatic carbocycles. The maximum Gasteiger partial charge on any atom is 0.407 e. The highest BCUT2D eigenvalue weighted by atomic mass is 16.6. The molecule has 5 rings (SSSR count). The van der Waals surface area contributed by atoms with Gasteiger partial charge in [-0.1, -0.05) is 24.1 Å². The fourth-order valence-corrected chi connectivity index (χ4v) is 5.23. The first-order valence-electron chi connectivity index (χ1n) is 13.7. The Morgan fingerprint density at radius 2 is 1.98 bits per heavy atom. The molecule has 4 aromatic rings. The van der Waals surface area contributed by atoms with Gasteiger partial charge in [0, 0.05) is 43.8 Å². The summed E-state index contributed by atoms with van der Waals surface area (Å²) < 4.78 is 9.97. The van der Waals surface area contributed by atoms with E-state index in [1.54, 1.807) is 20.2 Å². The number of fused-ring (bicyclic) bond motifs is 2. The molecular weight excluding hydrogens is 522 g/mol. The van der Waals surface area contributed by atoms with Crippen LogP contribution in [0.25, 0.3) is 21.9 Å². The molecule has 1 N–H and O–H groups in total. The number of anilines is 1. The maximum atomic E-state index is 13.9. The number of amides is 1. The van der Waals surface area contributed by atoms with Crippen LogP contribution < -0.4 is 21.5 Å².